The number of ether oxygens (including phenoxy) is 1. The van der Waals surface area contributed by atoms with Crippen LogP contribution in [0.1, 0.15) is 178 Å². The molecular formula is C80H62O2. The van der Waals surface area contributed by atoms with E-state index in [4.69, 9.17) is 4.74 Å². The second-order valence-corrected chi connectivity index (χ2v) is 28.5. The van der Waals surface area contributed by atoms with E-state index in [1.165, 1.54) is 78.3 Å². The Morgan fingerprint density at radius 2 is 1.01 bits per heavy atom. The predicted octanol–water partition coefficient (Wildman–Crippen LogP) is 19.5. The summed E-state index contributed by atoms with van der Waals surface area (Å²) in [6.07, 6.45) is 13.9. The van der Waals surface area contributed by atoms with Crippen LogP contribution in [0.15, 0.2) is 121 Å². The first kappa shape index (κ1) is 44.1. The molecule has 22 rings (SSSR count). The van der Waals surface area contributed by atoms with E-state index < -0.39 is 0 Å². The number of hydrogen-bond acceptors (Lipinski definition) is 2. The number of hydrogen-bond donors (Lipinski definition) is 0. The van der Waals surface area contributed by atoms with E-state index in [1.807, 2.05) is 28.8 Å². The van der Waals surface area contributed by atoms with Crippen molar-refractivity contribution in [1.82, 2.24) is 0 Å². The standard InChI is InChI=1S/C80H62O2/c1-4-37(39-9-7-6-8-10-39)21-46(41-17-19-56(20-18-41)82-36(3)81)25-47(44-14-12-40-11-13-43(40)23-44)22-38(5-2)42-15-16-45-34-80-35-55-31-53-29-50-26-49-27-52-28-51-30-54-32-57(58(80)33-48(45)24-42)66-71-62(54)61(51)68-63(52)67-59(49)60(50)69-64(53)70-65(55)79(80)78(66)77-75(70)73(69)72(67)74(68)76(71)77/h6-10,12,14-20,23-24,26-28,30-31,37-38,46-47,57-58,66,78-79H,4-5,11,13,21-22,25,29,32-35H2,1-3H3. The van der Waals surface area contributed by atoms with Gasteiger partial charge in [-0.25, -0.2) is 0 Å². The lowest BCUT2D eigenvalue weighted by Gasteiger charge is -2.60. The molecule has 14 aromatic rings. The van der Waals surface area contributed by atoms with Gasteiger partial charge in [-0.15, -0.1) is 0 Å². The maximum Gasteiger partial charge on any atom is 0.308 e. The first-order chi connectivity index (χ1) is 40.3. The van der Waals surface area contributed by atoms with Crippen molar-refractivity contribution in [3.8, 4) is 5.75 Å². The number of esters is 1. The number of carbonyl (C=O) groups is 1. The molecule has 0 N–H and O–H groups in total. The Morgan fingerprint density at radius 3 is 1.78 bits per heavy atom. The van der Waals surface area contributed by atoms with E-state index in [0.29, 0.717) is 59.0 Å². The van der Waals surface area contributed by atoms with Gasteiger partial charge in [0.2, 0.25) is 0 Å². The Morgan fingerprint density at radius 1 is 0.451 bits per heavy atom. The van der Waals surface area contributed by atoms with Gasteiger partial charge in [0.1, 0.15) is 5.75 Å². The van der Waals surface area contributed by atoms with Crippen molar-refractivity contribution < 1.29 is 9.53 Å². The second kappa shape index (κ2) is 14.4. The Kier molecular flexibility index (Phi) is 7.76. The molecule has 0 bridgehead atoms. The van der Waals surface area contributed by atoms with Crippen molar-refractivity contribution >= 4 is 103 Å². The Hall–Kier alpha value is -7.55. The predicted molar refractivity (Wildman–Crippen MR) is 336 cm³/mol. The van der Waals surface area contributed by atoms with E-state index in [0.717, 1.165) is 38.5 Å². The van der Waals surface area contributed by atoms with Gasteiger partial charge >= 0.3 is 5.97 Å². The van der Waals surface area contributed by atoms with Gasteiger partial charge < -0.3 is 4.74 Å². The molecule has 0 amide bonds. The maximum absolute atomic E-state index is 12.1. The minimum Gasteiger partial charge on any atom is -0.427 e. The molecule has 10 unspecified atom stereocenters. The summed E-state index contributed by atoms with van der Waals surface area (Å²) < 4.78 is 5.60. The average Bonchev–Trinajstić information content (AvgIpc) is 1.44. The van der Waals surface area contributed by atoms with Gasteiger partial charge in [-0.3, -0.25) is 4.79 Å². The zero-order valence-electron chi connectivity index (χ0n) is 47.0. The number of aryl methyl sites for hydroxylation is 2. The zero-order chi connectivity index (χ0) is 53.2. The molecular weight excluding hydrogens is 993 g/mol. The molecule has 1 fully saturated rings. The van der Waals surface area contributed by atoms with Crippen molar-refractivity contribution in [3.63, 3.8) is 0 Å². The van der Waals surface area contributed by atoms with Crippen molar-refractivity contribution in [2.24, 2.45) is 17.3 Å². The highest BCUT2D eigenvalue weighted by Gasteiger charge is 2.68. The van der Waals surface area contributed by atoms with Crippen molar-refractivity contribution in [2.75, 3.05) is 0 Å². The molecule has 8 aliphatic rings. The van der Waals surface area contributed by atoms with Crippen LogP contribution in [0.2, 0.25) is 0 Å². The van der Waals surface area contributed by atoms with Gasteiger partial charge in [-0.2, -0.15) is 0 Å². The van der Waals surface area contributed by atoms with E-state index in [-0.39, 0.29) is 11.4 Å². The van der Waals surface area contributed by atoms with E-state index in [2.05, 4.69) is 123 Å². The highest BCUT2D eigenvalue weighted by molar-refractivity contribution is 6.59. The number of benzene rings is 10. The summed E-state index contributed by atoms with van der Waals surface area (Å²) in [5.41, 5.74) is 24.7. The summed E-state index contributed by atoms with van der Waals surface area (Å²) in [4.78, 5) is 12.1. The molecule has 0 heterocycles. The fraction of sp³-hybridized carbons (Fsp3) is 0.312. The molecule has 394 valence electrons. The molecule has 14 aromatic carbocycles. The quantitative estimate of drug-likeness (QED) is 0.0653. The first-order valence-corrected chi connectivity index (χ1v) is 31.9. The summed E-state index contributed by atoms with van der Waals surface area (Å²) >= 11 is 0. The maximum atomic E-state index is 12.1. The molecule has 1 saturated carbocycles. The third-order valence-electron chi connectivity index (χ3n) is 25.4. The van der Waals surface area contributed by atoms with Gasteiger partial charge in [0.15, 0.2) is 0 Å². The molecule has 10 atom stereocenters. The Balaban J connectivity index is 0.692. The van der Waals surface area contributed by atoms with Gasteiger partial charge in [-0.1, -0.05) is 111 Å². The Labute approximate surface area is 476 Å². The van der Waals surface area contributed by atoms with Crippen LogP contribution in [0.3, 0.4) is 0 Å². The van der Waals surface area contributed by atoms with E-state index >= 15 is 0 Å². The molecule has 1 spiro atoms. The molecule has 0 aliphatic heterocycles. The summed E-state index contributed by atoms with van der Waals surface area (Å²) in [7, 11) is 0. The second-order valence-electron chi connectivity index (χ2n) is 28.5. The lowest BCUT2D eigenvalue weighted by Crippen LogP contribution is -2.54. The number of rotatable bonds is 13. The van der Waals surface area contributed by atoms with Crippen LogP contribution >= 0.6 is 0 Å². The Bertz CT molecular complexity index is 5190. The molecule has 8 aliphatic carbocycles. The van der Waals surface area contributed by atoms with E-state index in [1.54, 1.807) is 131 Å². The summed E-state index contributed by atoms with van der Waals surface area (Å²) in [5.74, 6) is 5.01. The monoisotopic (exact) mass is 1050 g/mol. The van der Waals surface area contributed by atoms with Crippen molar-refractivity contribution in [1.29, 1.82) is 0 Å². The van der Waals surface area contributed by atoms with Crippen LogP contribution in [0.5, 0.6) is 5.75 Å². The van der Waals surface area contributed by atoms with E-state index in [9.17, 15) is 4.79 Å². The van der Waals surface area contributed by atoms with Crippen LogP contribution in [0.4, 0.5) is 0 Å². The summed E-state index contributed by atoms with van der Waals surface area (Å²) in [6, 6.07) is 49.0. The van der Waals surface area contributed by atoms with Gasteiger partial charge in [0, 0.05) is 6.92 Å². The summed E-state index contributed by atoms with van der Waals surface area (Å²) in [5, 5.41) is 29.5. The minimum absolute atomic E-state index is 0.219. The minimum atomic E-state index is -0.272. The third kappa shape index (κ3) is 4.87. The lowest BCUT2D eigenvalue weighted by molar-refractivity contribution is -0.131. The molecule has 0 radical (unpaired) electrons. The fourth-order valence-electron chi connectivity index (χ4n) is 22.6. The first-order valence-electron chi connectivity index (χ1n) is 31.9. The molecule has 2 nitrogen and oxygen atoms in total. The van der Waals surface area contributed by atoms with Gasteiger partial charge in [0.25, 0.3) is 0 Å². The van der Waals surface area contributed by atoms with Crippen LogP contribution in [0.25, 0.3) is 97.0 Å². The summed E-state index contributed by atoms with van der Waals surface area (Å²) in [6.45, 7) is 6.34. The zero-order valence-corrected chi connectivity index (χ0v) is 47.0. The van der Waals surface area contributed by atoms with Gasteiger partial charge in [0.05, 0.1) is 0 Å². The SMILES string of the molecule is CCC(CC(CC(CC(CC)c1ccc2c(c1)CC1C3Cc4cc5cc6cc7cc8c9c7c7c6c6c5c4c4c5c%10c%11c%12c%13c(cc(c%12c9c%11c7c56)C8)CC1(C2)C%13C%10C43)c1ccc2c(c1)CC2)c1ccc(OC(C)=O)cc1)c1ccccc1. The number of fused-ring (bicyclic) bond motifs is 3. The highest BCUT2D eigenvalue weighted by atomic mass is 16.5. The lowest BCUT2D eigenvalue weighted by atomic mass is 9.43. The average molecular weight is 1060 g/mol. The van der Waals surface area contributed by atoms with Crippen LogP contribution in [0, 0.1) is 17.3 Å². The molecule has 0 aromatic heterocycles. The normalized spacial score (nSPS) is 24.2. The topological polar surface area (TPSA) is 26.3 Å². The van der Waals surface area contributed by atoms with Gasteiger partial charge in [-0.05, 0) is 340 Å². The molecule has 0 saturated heterocycles. The highest BCUT2D eigenvalue weighted by Crippen LogP contribution is 2.80. The number of carbonyl (C=O) groups excluding carboxylic acids is 1. The fourth-order valence-corrected chi connectivity index (χ4v) is 22.6. The molecule has 2 heteroatoms. The largest absolute Gasteiger partial charge is 0.427 e. The van der Waals surface area contributed by atoms with Crippen LogP contribution < -0.4 is 4.74 Å². The molecule has 82 heavy (non-hydrogen) atoms. The van der Waals surface area contributed by atoms with Crippen LogP contribution in [-0.2, 0) is 49.7 Å². The smallest absolute Gasteiger partial charge is 0.308 e. The van der Waals surface area contributed by atoms with Crippen molar-refractivity contribution in [3.05, 3.63) is 205 Å². The van der Waals surface area contributed by atoms with Crippen molar-refractivity contribution in [2.45, 2.75) is 139 Å². The van der Waals surface area contributed by atoms with Crippen LogP contribution in [-0.4, -0.2) is 5.97 Å². The third-order valence-corrected chi connectivity index (χ3v) is 25.4.